The van der Waals surface area contributed by atoms with Gasteiger partial charge in [-0.05, 0) is 229 Å². The van der Waals surface area contributed by atoms with Crippen molar-refractivity contribution in [2.45, 2.75) is 249 Å². The van der Waals surface area contributed by atoms with E-state index < -0.39 is 0 Å². The van der Waals surface area contributed by atoms with Gasteiger partial charge in [0.05, 0.1) is 16.9 Å². The molecular formula is C106H134N7O+3. The van der Waals surface area contributed by atoms with Gasteiger partial charge in [-0.25, -0.2) is 9.57 Å². The Labute approximate surface area is 685 Å². The monoisotopic (exact) mass is 1520 g/mol. The minimum atomic E-state index is -0.0847. The fourth-order valence-corrected chi connectivity index (χ4v) is 19.5. The molecule has 0 amide bonds. The Balaban J connectivity index is 0.000000150. The van der Waals surface area contributed by atoms with Gasteiger partial charge >= 0.3 is 0 Å². The van der Waals surface area contributed by atoms with Gasteiger partial charge in [0.15, 0.2) is 29.0 Å². The van der Waals surface area contributed by atoms with Crippen molar-refractivity contribution < 1.29 is 13.9 Å². The summed E-state index contributed by atoms with van der Waals surface area (Å²) in [5.74, 6) is 4.45. The Morgan fingerprint density at radius 3 is 1.77 bits per heavy atom. The molecule has 0 spiro atoms. The summed E-state index contributed by atoms with van der Waals surface area (Å²) < 4.78 is 14.1. The van der Waals surface area contributed by atoms with Crippen molar-refractivity contribution in [1.82, 2.24) is 4.58 Å². The van der Waals surface area contributed by atoms with Crippen molar-refractivity contribution in [3.05, 3.63) is 273 Å². The number of likely N-dealkylation sites (N-methyl/N-ethyl adjacent to an activating group) is 1. The molecule has 0 radical (unpaired) electrons. The van der Waals surface area contributed by atoms with Gasteiger partial charge in [0, 0.05) is 125 Å². The third-order valence-electron chi connectivity index (χ3n) is 25.5. The van der Waals surface area contributed by atoms with E-state index in [1.807, 2.05) is 0 Å². The number of allylic oxidation sites excluding steroid dienone is 14. The highest BCUT2D eigenvalue weighted by atomic mass is 16.5. The lowest BCUT2D eigenvalue weighted by molar-refractivity contribution is -0.472. The smallest absolute Gasteiger partial charge is 0.210 e. The number of anilines is 3. The molecule has 7 heterocycles. The van der Waals surface area contributed by atoms with E-state index in [2.05, 4.69) is 387 Å². The molecule has 596 valence electrons. The third-order valence-corrected chi connectivity index (χ3v) is 25.5. The number of rotatable bonds is 21. The number of hydrogen-bond acceptors (Lipinski definition) is 5. The standard InChI is InChI=1S/C41H45N2.C35H47N2.C30H42N3O/c1-28(2)42-34-26-24-30-18-14-16-20-32(30)38(34)40(5,6)36(42)22-12-10-9-11-13-23-37-41(7,8)39-33-21-17-15-19-31(33)25-27-35(39)43(37)29(3)4;1-11-36-30-20-18-26(24(3)4)22-28(30)34(7,8)32(36)16-14-13-15-17-33-35(9,10)29-23-27(25(5)6)19-21-31(29)37(33)12-2;1-21(2)9-5-13-32-15-7-11-23-17-25-29(19-27(23)32)34-30-20-28-24(18-26(30)31-25)12-8-16-33(28)14-6-10-22(3)4/h9-29H,1-8H3;13-25H,11-12H2,1-10H3;17-22H,5-16H2,1-4H3/q3*+1. The topological polar surface area (TPSA) is 40.3 Å². The van der Waals surface area contributed by atoms with Crippen LogP contribution in [0.1, 0.15) is 247 Å². The number of hydrogen-bond donors (Lipinski definition) is 0. The predicted molar refractivity (Wildman–Crippen MR) is 490 cm³/mol. The second kappa shape index (κ2) is 34.2. The summed E-state index contributed by atoms with van der Waals surface area (Å²) in [5.41, 5.74) is 24.4. The van der Waals surface area contributed by atoms with Crippen molar-refractivity contribution in [3.8, 4) is 11.5 Å². The molecule has 0 N–H and O–H groups in total. The van der Waals surface area contributed by atoms with E-state index in [1.165, 1.54) is 161 Å². The molecule has 7 aliphatic rings. The highest BCUT2D eigenvalue weighted by molar-refractivity contribution is 6.08. The fourth-order valence-electron chi connectivity index (χ4n) is 19.5. The van der Waals surface area contributed by atoms with E-state index in [0.29, 0.717) is 23.9 Å². The van der Waals surface area contributed by atoms with E-state index in [9.17, 15) is 0 Å². The van der Waals surface area contributed by atoms with Crippen molar-refractivity contribution >= 4 is 67.1 Å². The van der Waals surface area contributed by atoms with Gasteiger partial charge in [-0.2, -0.15) is 9.15 Å². The van der Waals surface area contributed by atoms with Crippen LogP contribution in [0.5, 0.6) is 11.5 Å². The van der Waals surface area contributed by atoms with Crippen LogP contribution in [0.2, 0.25) is 0 Å². The van der Waals surface area contributed by atoms with Gasteiger partial charge in [0.25, 0.3) is 0 Å². The maximum absolute atomic E-state index is 6.54. The second-order valence-corrected chi connectivity index (χ2v) is 37.3. The lowest BCUT2D eigenvalue weighted by atomic mass is 9.79. The average molecular weight is 1520 g/mol. The molecule has 114 heavy (non-hydrogen) atoms. The molecule has 8 aromatic rings. The first kappa shape index (κ1) is 82.6. The van der Waals surface area contributed by atoms with E-state index in [0.717, 1.165) is 86.5 Å². The molecule has 8 nitrogen and oxygen atoms in total. The quantitative estimate of drug-likeness (QED) is 0.0531. The molecule has 7 aliphatic heterocycles. The lowest BCUT2D eigenvalue weighted by Gasteiger charge is -2.32. The summed E-state index contributed by atoms with van der Waals surface area (Å²) in [6, 6.07) is 50.6. The summed E-state index contributed by atoms with van der Waals surface area (Å²) in [6.45, 7) is 57.4. The molecule has 0 bridgehead atoms. The predicted octanol–water partition coefficient (Wildman–Crippen LogP) is 25.5. The largest absolute Gasteiger partial charge is 0.452 e. The summed E-state index contributed by atoms with van der Waals surface area (Å²) in [4.78, 5) is 12.6. The first-order chi connectivity index (χ1) is 54.5. The van der Waals surface area contributed by atoms with Crippen LogP contribution in [0.4, 0.5) is 34.1 Å². The second-order valence-electron chi connectivity index (χ2n) is 37.3. The number of fused-ring (bicyclic) bond motifs is 12. The summed E-state index contributed by atoms with van der Waals surface area (Å²) in [7, 11) is 0. The summed E-state index contributed by atoms with van der Waals surface area (Å²) in [6.07, 6.45) is 36.5. The van der Waals surface area contributed by atoms with Crippen molar-refractivity contribution in [1.29, 1.82) is 0 Å². The molecule has 0 saturated carbocycles. The maximum atomic E-state index is 6.54. The lowest BCUT2D eigenvalue weighted by Crippen LogP contribution is -2.39. The molecule has 8 aromatic carbocycles. The van der Waals surface area contributed by atoms with E-state index in [-0.39, 0.29) is 21.7 Å². The molecule has 0 aliphatic carbocycles. The zero-order valence-electron chi connectivity index (χ0n) is 73.5. The van der Waals surface area contributed by atoms with Gasteiger partial charge in [0.2, 0.25) is 16.7 Å². The Kier molecular flexibility index (Phi) is 24.8. The van der Waals surface area contributed by atoms with Crippen molar-refractivity contribution in [2.24, 2.45) is 16.8 Å². The number of aryl methyl sites for hydroxylation is 2. The molecular weight excluding hydrogens is 1390 g/mol. The zero-order valence-corrected chi connectivity index (χ0v) is 73.5. The molecule has 0 fully saturated rings. The highest BCUT2D eigenvalue weighted by Crippen LogP contribution is 2.53. The van der Waals surface area contributed by atoms with Crippen LogP contribution in [0.25, 0.3) is 21.5 Å². The average Bonchev–Trinajstić information content (AvgIpc) is 1.58. The van der Waals surface area contributed by atoms with Crippen LogP contribution in [0.3, 0.4) is 0 Å². The summed E-state index contributed by atoms with van der Waals surface area (Å²) >= 11 is 0. The first-order valence-corrected chi connectivity index (χ1v) is 43.7. The normalized spacial score (nSPS) is 18.2. The Hall–Kier alpha value is -9.40. The van der Waals surface area contributed by atoms with Crippen LogP contribution in [-0.2, 0) is 34.5 Å². The maximum Gasteiger partial charge on any atom is 0.210 e. The van der Waals surface area contributed by atoms with E-state index in [4.69, 9.17) is 9.73 Å². The van der Waals surface area contributed by atoms with Crippen LogP contribution in [0, 0.1) is 11.8 Å². The van der Waals surface area contributed by atoms with Crippen LogP contribution >= 0.6 is 0 Å². The molecule has 15 rings (SSSR count). The van der Waals surface area contributed by atoms with Gasteiger partial charge in [-0.15, -0.1) is 0 Å². The van der Waals surface area contributed by atoms with E-state index >= 15 is 0 Å². The molecule has 0 unspecified atom stereocenters. The summed E-state index contributed by atoms with van der Waals surface area (Å²) in [5, 5.41) is 7.68. The number of benzene rings is 8. The van der Waals surface area contributed by atoms with Crippen molar-refractivity contribution in [3.63, 3.8) is 0 Å². The minimum absolute atomic E-state index is 0.0126. The minimum Gasteiger partial charge on any atom is -0.452 e. The fraction of sp³-hybridized carbons (Fsp3) is 0.434. The van der Waals surface area contributed by atoms with Gasteiger partial charge in [-0.1, -0.05) is 204 Å². The SMILES string of the molecule is CC(C)CCCN1CCCc2cc3c(cc21)Oc1cc2c(cc1=N3)CCC[N+]=2CCCC(C)C.CC(C)N1/C(=C/C=C/C=C/C=C/C2=[N+](C(C)C)c3ccc4ccccc4c3C2(C)C)C(C)(C)c2c1ccc1ccccc21.CCN1/C(=C/C=C/C=C/C2=[N+](CC)c3ccc(C(C)C)cc3C2(C)C)C(C)(C)c2cc(C(C)C)ccc21. The van der Waals surface area contributed by atoms with Crippen LogP contribution in [-0.4, -0.2) is 71.9 Å². The van der Waals surface area contributed by atoms with Crippen LogP contribution < -0.4 is 34.7 Å². The van der Waals surface area contributed by atoms with Gasteiger partial charge in [0.1, 0.15) is 30.7 Å². The molecule has 0 atom stereocenters. The highest BCUT2D eigenvalue weighted by Gasteiger charge is 2.48. The van der Waals surface area contributed by atoms with Crippen molar-refractivity contribution in [2.75, 3.05) is 54.0 Å². The van der Waals surface area contributed by atoms with Gasteiger partial charge in [-0.3, -0.25) is 0 Å². The Morgan fingerprint density at radius 2 is 1.11 bits per heavy atom. The first-order valence-electron chi connectivity index (χ1n) is 43.7. The van der Waals surface area contributed by atoms with E-state index in [1.54, 1.807) is 0 Å². The number of ether oxygens (including phenoxy) is 1. The third kappa shape index (κ3) is 16.3. The Bertz CT molecular complexity index is 5370. The molecule has 0 saturated heterocycles. The number of nitrogens with zero attached hydrogens (tertiary/aromatic N) is 7. The Morgan fingerprint density at radius 1 is 0.509 bits per heavy atom. The molecule has 0 aromatic heterocycles. The van der Waals surface area contributed by atoms with Gasteiger partial charge < -0.3 is 19.4 Å². The molecule has 8 heteroatoms. The van der Waals surface area contributed by atoms with Crippen LogP contribution in [0.15, 0.2) is 223 Å². The zero-order chi connectivity index (χ0) is 81.3.